The largest absolute Gasteiger partial charge is 0.354 e. The van der Waals surface area contributed by atoms with Gasteiger partial charge in [-0.1, -0.05) is 30.3 Å². The van der Waals surface area contributed by atoms with E-state index in [1.807, 2.05) is 19.2 Å². The van der Waals surface area contributed by atoms with E-state index in [-0.39, 0.29) is 5.56 Å². The fourth-order valence-corrected chi connectivity index (χ4v) is 4.10. The van der Waals surface area contributed by atoms with Gasteiger partial charge < -0.3 is 9.88 Å². The molecule has 4 rings (SSSR count). The average molecular weight is 389 g/mol. The van der Waals surface area contributed by atoms with E-state index in [2.05, 4.69) is 51.3 Å². The molecular formula is C24H28N4O. The summed E-state index contributed by atoms with van der Waals surface area (Å²) in [6.45, 7) is 4.71. The second-order valence-corrected chi connectivity index (χ2v) is 7.90. The molecule has 1 saturated heterocycles. The van der Waals surface area contributed by atoms with E-state index in [0.717, 1.165) is 30.0 Å². The highest BCUT2D eigenvalue weighted by molar-refractivity contribution is 5.57. The molecule has 0 saturated carbocycles. The highest BCUT2D eigenvalue weighted by Crippen LogP contribution is 2.28. The Morgan fingerprint density at radius 2 is 1.97 bits per heavy atom. The summed E-state index contributed by atoms with van der Waals surface area (Å²) in [5.74, 6) is 1.60. The van der Waals surface area contributed by atoms with Crippen molar-refractivity contribution in [1.82, 2.24) is 15.0 Å². The molecule has 1 aromatic carbocycles. The summed E-state index contributed by atoms with van der Waals surface area (Å²) >= 11 is 0. The molecule has 0 aliphatic carbocycles. The molecule has 150 valence electrons. The Hall–Kier alpha value is -2.95. The summed E-state index contributed by atoms with van der Waals surface area (Å²) in [5, 5.41) is 0. The SMILES string of the molecule is Cc1nc(-c2ccc(N3CCCC3CCCc3ccccc3)nc2)[nH]c(=O)c1C. The third-order valence-corrected chi connectivity index (χ3v) is 5.93. The molecule has 5 heteroatoms. The summed E-state index contributed by atoms with van der Waals surface area (Å²) in [4.78, 5) is 26.5. The van der Waals surface area contributed by atoms with Crippen molar-refractivity contribution in [3.8, 4) is 11.4 Å². The fraction of sp³-hybridized carbons (Fsp3) is 0.375. The van der Waals surface area contributed by atoms with Gasteiger partial charge in [-0.2, -0.15) is 0 Å². The van der Waals surface area contributed by atoms with Gasteiger partial charge in [-0.15, -0.1) is 0 Å². The number of aromatic amines is 1. The molecule has 1 N–H and O–H groups in total. The van der Waals surface area contributed by atoms with Crippen LogP contribution in [0, 0.1) is 13.8 Å². The minimum atomic E-state index is -0.0883. The predicted octanol–water partition coefficient (Wildman–Crippen LogP) is 4.44. The standard InChI is InChI=1S/C24H28N4O/c1-17-18(2)26-23(27-24(17)29)20-13-14-22(25-16-20)28-15-7-12-21(28)11-6-10-19-8-4-3-5-9-19/h3-5,8-9,13-14,16,21H,6-7,10-12,15H2,1-2H3,(H,26,27,29). The van der Waals surface area contributed by atoms with Crippen LogP contribution in [0.4, 0.5) is 5.82 Å². The van der Waals surface area contributed by atoms with Crippen molar-refractivity contribution < 1.29 is 0 Å². The number of aryl methyl sites for hydroxylation is 2. The van der Waals surface area contributed by atoms with Crippen molar-refractivity contribution in [1.29, 1.82) is 0 Å². The number of nitrogens with zero attached hydrogens (tertiary/aromatic N) is 3. The zero-order valence-corrected chi connectivity index (χ0v) is 17.2. The quantitative estimate of drug-likeness (QED) is 0.678. The molecule has 1 fully saturated rings. The Morgan fingerprint density at radius 3 is 2.69 bits per heavy atom. The summed E-state index contributed by atoms with van der Waals surface area (Å²) in [7, 11) is 0. The molecule has 0 amide bonds. The first-order chi connectivity index (χ1) is 14.1. The lowest BCUT2D eigenvalue weighted by molar-refractivity contribution is 0.577. The van der Waals surface area contributed by atoms with Gasteiger partial charge in [0.15, 0.2) is 0 Å². The first kappa shape index (κ1) is 19.4. The molecule has 29 heavy (non-hydrogen) atoms. The van der Waals surface area contributed by atoms with E-state index in [4.69, 9.17) is 4.98 Å². The van der Waals surface area contributed by atoms with E-state index in [1.165, 1.54) is 31.2 Å². The van der Waals surface area contributed by atoms with Crippen LogP contribution in [0.2, 0.25) is 0 Å². The molecule has 1 aliphatic rings. The molecule has 1 unspecified atom stereocenters. The van der Waals surface area contributed by atoms with Crippen LogP contribution in [-0.2, 0) is 6.42 Å². The maximum absolute atomic E-state index is 12.0. The molecule has 2 aromatic heterocycles. The first-order valence-electron chi connectivity index (χ1n) is 10.5. The third-order valence-electron chi connectivity index (χ3n) is 5.93. The zero-order chi connectivity index (χ0) is 20.2. The van der Waals surface area contributed by atoms with Crippen LogP contribution < -0.4 is 10.5 Å². The van der Waals surface area contributed by atoms with E-state index < -0.39 is 0 Å². The lowest BCUT2D eigenvalue weighted by Gasteiger charge is -2.26. The molecule has 1 atom stereocenters. The second-order valence-electron chi connectivity index (χ2n) is 7.90. The number of anilines is 1. The summed E-state index contributed by atoms with van der Waals surface area (Å²) in [6.07, 6.45) is 7.77. The number of aromatic nitrogens is 3. The third kappa shape index (κ3) is 4.39. The second kappa shape index (κ2) is 8.60. The van der Waals surface area contributed by atoms with Gasteiger partial charge in [0.2, 0.25) is 0 Å². The fourth-order valence-electron chi connectivity index (χ4n) is 4.10. The number of rotatable bonds is 6. The van der Waals surface area contributed by atoms with Crippen molar-refractivity contribution in [2.24, 2.45) is 0 Å². The van der Waals surface area contributed by atoms with Gasteiger partial charge in [-0.25, -0.2) is 9.97 Å². The zero-order valence-electron chi connectivity index (χ0n) is 17.2. The Labute approximate surface area is 171 Å². The summed E-state index contributed by atoms with van der Waals surface area (Å²) < 4.78 is 0. The minimum absolute atomic E-state index is 0.0883. The number of H-pyrrole nitrogens is 1. The Bertz CT molecular complexity index is 1010. The molecule has 3 aromatic rings. The topological polar surface area (TPSA) is 61.9 Å². The number of hydrogen-bond donors (Lipinski definition) is 1. The van der Waals surface area contributed by atoms with Gasteiger partial charge in [0.25, 0.3) is 5.56 Å². The van der Waals surface area contributed by atoms with Gasteiger partial charge in [-0.3, -0.25) is 4.79 Å². The maximum Gasteiger partial charge on any atom is 0.254 e. The lowest BCUT2D eigenvalue weighted by Crippen LogP contribution is -2.29. The monoisotopic (exact) mass is 388 g/mol. The number of pyridine rings is 1. The van der Waals surface area contributed by atoms with Crippen LogP contribution in [0.1, 0.15) is 42.5 Å². The van der Waals surface area contributed by atoms with Gasteiger partial charge in [-0.05, 0) is 63.6 Å². The Morgan fingerprint density at radius 1 is 1.14 bits per heavy atom. The molecule has 0 bridgehead atoms. The van der Waals surface area contributed by atoms with E-state index in [1.54, 1.807) is 6.92 Å². The molecule has 5 nitrogen and oxygen atoms in total. The van der Waals surface area contributed by atoms with Crippen molar-refractivity contribution in [2.45, 2.75) is 52.0 Å². The molecular weight excluding hydrogens is 360 g/mol. The first-order valence-corrected chi connectivity index (χ1v) is 10.5. The van der Waals surface area contributed by atoms with Gasteiger partial charge in [0.1, 0.15) is 11.6 Å². The van der Waals surface area contributed by atoms with Crippen LogP contribution in [0.3, 0.4) is 0 Å². The normalized spacial score (nSPS) is 16.3. The Balaban J connectivity index is 1.43. The van der Waals surface area contributed by atoms with Gasteiger partial charge >= 0.3 is 0 Å². The van der Waals surface area contributed by atoms with Crippen LogP contribution >= 0.6 is 0 Å². The van der Waals surface area contributed by atoms with Crippen LogP contribution in [-0.4, -0.2) is 27.5 Å². The smallest absolute Gasteiger partial charge is 0.254 e. The van der Waals surface area contributed by atoms with Crippen LogP contribution in [0.15, 0.2) is 53.5 Å². The minimum Gasteiger partial charge on any atom is -0.354 e. The van der Waals surface area contributed by atoms with Crippen LogP contribution in [0.5, 0.6) is 0 Å². The van der Waals surface area contributed by atoms with E-state index in [9.17, 15) is 4.79 Å². The van der Waals surface area contributed by atoms with Gasteiger partial charge in [0.05, 0.1) is 0 Å². The highest BCUT2D eigenvalue weighted by Gasteiger charge is 2.25. The summed E-state index contributed by atoms with van der Waals surface area (Å²) in [6, 6.07) is 15.3. The molecule has 0 radical (unpaired) electrons. The van der Waals surface area contributed by atoms with Crippen molar-refractivity contribution in [2.75, 3.05) is 11.4 Å². The van der Waals surface area contributed by atoms with E-state index in [0.29, 0.717) is 17.4 Å². The number of hydrogen-bond acceptors (Lipinski definition) is 4. The van der Waals surface area contributed by atoms with E-state index >= 15 is 0 Å². The number of benzene rings is 1. The molecule has 0 spiro atoms. The lowest BCUT2D eigenvalue weighted by atomic mass is 10.0. The Kier molecular flexibility index (Phi) is 5.74. The molecule has 3 heterocycles. The average Bonchev–Trinajstić information content (AvgIpc) is 3.21. The molecule has 1 aliphatic heterocycles. The van der Waals surface area contributed by atoms with Crippen molar-refractivity contribution in [3.63, 3.8) is 0 Å². The van der Waals surface area contributed by atoms with Crippen molar-refractivity contribution >= 4 is 5.82 Å². The summed E-state index contributed by atoms with van der Waals surface area (Å²) in [5.41, 5.74) is 3.58. The predicted molar refractivity (Wildman–Crippen MR) is 117 cm³/mol. The highest BCUT2D eigenvalue weighted by atomic mass is 16.1. The maximum atomic E-state index is 12.0. The van der Waals surface area contributed by atoms with Crippen LogP contribution in [0.25, 0.3) is 11.4 Å². The van der Waals surface area contributed by atoms with Gasteiger partial charge in [0, 0.05) is 35.6 Å². The number of nitrogens with one attached hydrogen (secondary N) is 1. The van der Waals surface area contributed by atoms with Crippen molar-refractivity contribution in [3.05, 3.63) is 75.8 Å².